The molecule has 2 aromatic carbocycles. The molecule has 1 aliphatic rings. The van der Waals surface area contributed by atoms with Gasteiger partial charge < -0.3 is 10.1 Å². The number of pyridine rings is 1. The predicted molar refractivity (Wildman–Crippen MR) is 122 cm³/mol. The van der Waals surface area contributed by atoms with Crippen LogP contribution in [0.2, 0.25) is 0 Å². The molecule has 1 N–H and O–H groups in total. The summed E-state index contributed by atoms with van der Waals surface area (Å²) in [6, 6.07) is 18.3. The molecule has 166 valence electrons. The van der Waals surface area contributed by atoms with Gasteiger partial charge in [-0.3, -0.25) is 9.78 Å². The van der Waals surface area contributed by atoms with Gasteiger partial charge in [0.15, 0.2) is 0 Å². The van der Waals surface area contributed by atoms with Crippen LogP contribution in [0.4, 0.5) is 5.69 Å². The number of aromatic nitrogens is 1. The first-order valence-corrected chi connectivity index (χ1v) is 12.0. The lowest BCUT2D eigenvalue weighted by Crippen LogP contribution is -2.49. The molecule has 8 heteroatoms. The van der Waals surface area contributed by atoms with E-state index in [0.29, 0.717) is 31.0 Å². The average molecular weight is 452 g/mol. The predicted octanol–water partition coefficient (Wildman–Crippen LogP) is 3.84. The molecule has 0 bridgehead atoms. The van der Waals surface area contributed by atoms with E-state index < -0.39 is 16.1 Å². The molecule has 0 spiro atoms. The lowest BCUT2D eigenvalue weighted by Gasteiger charge is -2.33. The first-order chi connectivity index (χ1) is 15.5. The fourth-order valence-electron chi connectivity index (χ4n) is 3.72. The molecule has 1 fully saturated rings. The number of sulfonamides is 1. The fourth-order valence-corrected chi connectivity index (χ4v) is 5.40. The van der Waals surface area contributed by atoms with Crippen LogP contribution in [-0.2, 0) is 21.4 Å². The zero-order valence-corrected chi connectivity index (χ0v) is 18.4. The molecule has 0 radical (unpaired) electrons. The molecule has 1 atom stereocenters. The number of nitrogens with zero attached hydrogens (tertiary/aromatic N) is 2. The standard InChI is InChI=1S/C24H25N3O4S/c28-24(23-13-4-5-15-27(23)32(29,30)22-11-2-1-3-12-22)26-20-9-6-10-21(16-20)31-18-19-8-7-14-25-17-19/h1-3,6-12,14,16-17,23H,4-5,13,15,18H2,(H,26,28). The fraction of sp³-hybridized carbons (Fsp3) is 0.250. The maximum atomic E-state index is 13.1. The molecule has 1 aliphatic heterocycles. The van der Waals surface area contributed by atoms with Crippen LogP contribution in [0.25, 0.3) is 0 Å². The molecule has 3 aromatic rings. The third-order valence-corrected chi connectivity index (χ3v) is 7.26. The number of hydrogen-bond donors (Lipinski definition) is 1. The van der Waals surface area contributed by atoms with E-state index in [1.54, 1.807) is 67.0 Å². The van der Waals surface area contributed by atoms with E-state index in [1.807, 2.05) is 12.1 Å². The number of ether oxygens (including phenoxy) is 1. The van der Waals surface area contributed by atoms with Crippen LogP contribution < -0.4 is 10.1 Å². The topological polar surface area (TPSA) is 88.6 Å². The average Bonchev–Trinajstić information content (AvgIpc) is 2.84. The van der Waals surface area contributed by atoms with E-state index >= 15 is 0 Å². The number of hydrogen-bond acceptors (Lipinski definition) is 5. The van der Waals surface area contributed by atoms with Crippen molar-refractivity contribution in [2.24, 2.45) is 0 Å². The van der Waals surface area contributed by atoms with Crippen molar-refractivity contribution in [3.8, 4) is 5.75 Å². The van der Waals surface area contributed by atoms with Crippen molar-refractivity contribution in [2.45, 2.75) is 36.8 Å². The van der Waals surface area contributed by atoms with Gasteiger partial charge in [-0.25, -0.2) is 8.42 Å². The lowest BCUT2D eigenvalue weighted by molar-refractivity contribution is -0.120. The number of carbonyl (C=O) groups is 1. The minimum absolute atomic E-state index is 0.200. The number of nitrogens with one attached hydrogen (secondary N) is 1. The Morgan fingerprint density at radius 1 is 1.06 bits per heavy atom. The van der Waals surface area contributed by atoms with Crippen molar-refractivity contribution in [2.75, 3.05) is 11.9 Å². The zero-order valence-electron chi connectivity index (χ0n) is 17.6. The summed E-state index contributed by atoms with van der Waals surface area (Å²) in [6.07, 6.45) is 5.44. The molecule has 0 saturated carbocycles. The summed E-state index contributed by atoms with van der Waals surface area (Å²) >= 11 is 0. The molecular weight excluding hydrogens is 426 g/mol. The first-order valence-electron chi connectivity index (χ1n) is 10.5. The monoisotopic (exact) mass is 451 g/mol. The second kappa shape index (κ2) is 9.93. The van der Waals surface area contributed by atoms with E-state index in [1.165, 1.54) is 4.31 Å². The number of anilines is 1. The Kier molecular flexibility index (Phi) is 6.82. The van der Waals surface area contributed by atoms with E-state index in [2.05, 4.69) is 10.3 Å². The normalized spacial score (nSPS) is 16.9. The summed E-state index contributed by atoms with van der Waals surface area (Å²) in [5, 5.41) is 2.87. The largest absolute Gasteiger partial charge is 0.489 e. The third kappa shape index (κ3) is 5.15. The number of piperidine rings is 1. The number of carbonyl (C=O) groups excluding carboxylic acids is 1. The van der Waals surface area contributed by atoms with Crippen LogP contribution in [0.5, 0.6) is 5.75 Å². The van der Waals surface area contributed by atoms with Gasteiger partial charge in [-0.05, 0) is 43.2 Å². The Balaban J connectivity index is 1.46. The van der Waals surface area contributed by atoms with Crippen LogP contribution >= 0.6 is 0 Å². The van der Waals surface area contributed by atoms with E-state index in [4.69, 9.17) is 4.74 Å². The maximum absolute atomic E-state index is 13.1. The molecule has 0 aliphatic carbocycles. The van der Waals surface area contributed by atoms with Gasteiger partial charge in [-0.15, -0.1) is 0 Å². The van der Waals surface area contributed by atoms with Crippen LogP contribution in [0.3, 0.4) is 0 Å². The van der Waals surface area contributed by atoms with Crippen molar-refractivity contribution in [3.63, 3.8) is 0 Å². The van der Waals surface area contributed by atoms with Gasteiger partial charge in [-0.1, -0.05) is 36.8 Å². The third-order valence-electron chi connectivity index (χ3n) is 5.34. The highest BCUT2D eigenvalue weighted by atomic mass is 32.2. The van der Waals surface area contributed by atoms with Gasteiger partial charge in [0.1, 0.15) is 18.4 Å². The smallest absolute Gasteiger partial charge is 0.243 e. The van der Waals surface area contributed by atoms with E-state index in [-0.39, 0.29) is 10.8 Å². The molecule has 1 amide bonds. The van der Waals surface area contributed by atoms with Gasteiger partial charge in [0.05, 0.1) is 4.90 Å². The Labute approximate surface area is 188 Å². The van der Waals surface area contributed by atoms with Gasteiger partial charge >= 0.3 is 0 Å². The molecule has 7 nitrogen and oxygen atoms in total. The summed E-state index contributed by atoms with van der Waals surface area (Å²) in [7, 11) is -3.75. The maximum Gasteiger partial charge on any atom is 0.243 e. The SMILES string of the molecule is O=C(Nc1cccc(OCc2cccnc2)c1)C1CCCCN1S(=O)(=O)c1ccccc1. The quantitative estimate of drug-likeness (QED) is 0.590. The summed E-state index contributed by atoms with van der Waals surface area (Å²) in [6.45, 7) is 0.681. The Hall–Kier alpha value is -3.23. The van der Waals surface area contributed by atoms with Crippen molar-refractivity contribution in [3.05, 3.63) is 84.7 Å². The summed E-state index contributed by atoms with van der Waals surface area (Å²) < 4.78 is 33.4. The molecule has 32 heavy (non-hydrogen) atoms. The van der Waals surface area contributed by atoms with Crippen molar-refractivity contribution < 1.29 is 17.9 Å². The highest BCUT2D eigenvalue weighted by Gasteiger charge is 2.37. The van der Waals surface area contributed by atoms with E-state index in [9.17, 15) is 13.2 Å². The van der Waals surface area contributed by atoms with Crippen LogP contribution in [-0.4, -0.2) is 36.2 Å². The zero-order chi connectivity index (χ0) is 22.4. The Morgan fingerprint density at radius 2 is 1.91 bits per heavy atom. The molecule has 1 saturated heterocycles. The van der Waals surface area contributed by atoms with Crippen LogP contribution in [0, 0.1) is 0 Å². The second-order valence-corrected chi connectivity index (χ2v) is 9.50. The number of amides is 1. The van der Waals surface area contributed by atoms with Gasteiger partial charge in [0, 0.05) is 36.3 Å². The molecule has 1 unspecified atom stereocenters. The lowest BCUT2D eigenvalue weighted by atomic mass is 10.0. The highest BCUT2D eigenvalue weighted by Crippen LogP contribution is 2.27. The minimum atomic E-state index is -3.75. The number of rotatable bonds is 7. The van der Waals surface area contributed by atoms with Gasteiger partial charge in [-0.2, -0.15) is 4.31 Å². The molecule has 4 rings (SSSR count). The summed E-state index contributed by atoms with van der Waals surface area (Å²) in [5.74, 6) is 0.262. The Morgan fingerprint density at radius 3 is 2.69 bits per heavy atom. The summed E-state index contributed by atoms with van der Waals surface area (Å²) in [4.78, 5) is 17.3. The van der Waals surface area contributed by atoms with Crippen molar-refractivity contribution in [1.82, 2.24) is 9.29 Å². The minimum Gasteiger partial charge on any atom is -0.489 e. The highest BCUT2D eigenvalue weighted by molar-refractivity contribution is 7.89. The van der Waals surface area contributed by atoms with Crippen molar-refractivity contribution in [1.29, 1.82) is 0 Å². The van der Waals surface area contributed by atoms with Gasteiger partial charge in [0.25, 0.3) is 0 Å². The second-order valence-electron chi connectivity index (χ2n) is 7.61. The first kappa shape index (κ1) is 22.0. The van der Waals surface area contributed by atoms with Crippen LogP contribution in [0.15, 0.2) is 84.0 Å². The van der Waals surface area contributed by atoms with Crippen molar-refractivity contribution >= 4 is 21.6 Å². The van der Waals surface area contributed by atoms with Gasteiger partial charge in [0.2, 0.25) is 15.9 Å². The molecular formula is C24H25N3O4S. The molecule has 1 aromatic heterocycles. The van der Waals surface area contributed by atoms with E-state index in [0.717, 1.165) is 18.4 Å². The summed E-state index contributed by atoms with van der Waals surface area (Å²) in [5.41, 5.74) is 1.49. The Bertz CT molecular complexity index is 1150. The number of benzene rings is 2. The molecule has 2 heterocycles. The van der Waals surface area contributed by atoms with Crippen LogP contribution in [0.1, 0.15) is 24.8 Å².